The van der Waals surface area contributed by atoms with Crippen LogP contribution in [0, 0.1) is 0 Å². The Balaban J connectivity index is 0.00000112. The van der Waals surface area contributed by atoms with Gasteiger partial charge in [-0.15, -0.1) is 12.4 Å². The molecule has 1 aromatic heterocycles. The number of fused-ring (bicyclic) bond motifs is 1. The molecule has 0 spiro atoms. The zero-order valence-corrected chi connectivity index (χ0v) is 9.73. The molecule has 1 aromatic carbocycles. The zero-order valence-electron chi connectivity index (χ0n) is 8.92. The first-order valence-electron chi connectivity index (χ1n) is 5.15. The van der Waals surface area contributed by atoms with Gasteiger partial charge in [0.15, 0.2) is 0 Å². The van der Waals surface area contributed by atoms with Crippen LogP contribution >= 0.6 is 12.4 Å². The number of aromatic nitrogens is 1. The van der Waals surface area contributed by atoms with Crippen molar-refractivity contribution in [1.82, 2.24) is 4.98 Å². The number of para-hydroxylation sites is 1. The van der Waals surface area contributed by atoms with Crippen molar-refractivity contribution in [3.63, 3.8) is 0 Å². The molecule has 0 atom stereocenters. The van der Waals surface area contributed by atoms with Gasteiger partial charge in [-0.25, -0.2) is 0 Å². The van der Waals surface area contributed by atoms with Gasteiger partial charge in [0, 0.05) is 16.6 Å². The van der Waals surface area contributed by atoms with E-state index in [1.807, 2.05) is 0 Å². The van der Waals surface area contributed by atoms with Crippen molar-refractivity contribution in [3.05, 3.63) is 35.5 Å². The van der Waals surface area contributed by atoms with E-state index in [4.69, 9.17) is 5.73 Å². The maximum Gasteiger partial charge on any atom is 0.0458 e. The standard InChI is InChI=1S/C12H16N2.ClH/c1-2-11-10(7-8-13)9-5-3-4-6-12(9)14-11;/h3-6,14H,2,7-8,13H2,1H3;1H. The quantitative estimate of drug-likeness (QED) is 0.827. The number of hydrogen-bond donors (Lipinski definition) is 2. The molecule has 0 saturated heterocycles. The fourth-order valence-electron chi connectivity index (χ4n) is 1.99. The van der Waals surface area contributed by atoms with E-state index >= 15 is 0 Å². The molecule has 2 aromatic rings. The average Bonchev–Trinajstić information content (AvgIpc) is 2.58. The van der Waals surface area contributed by atoms with Gasteiger partial charge in [0.25, 0.3) is 0 Å². The highest BCUT2D eigenvalue weighted by molar-refractivity contribution is 5.85. The zero-order chi connectivity index (χ0) is 9.97. The smallest absolute Gasteiger partial charge is 0.0458 e. The number of hydrogen-bond acceptors (Lipinski definition) is 1. The van der Waals surface area contributed by atoms with Gasteiger partial charge in [0.1, 0.15) is 0 Å². The van der Waals surface area contributed by atoms with Gasteiger partial charge in [0.2, 0.25) is 0 Å². The molecule has 0 radical (unpaired) electrons. The van der Waals surface area contributed by atoms with E-state index in [-0.39, 0.29) is 12.4 Å². The van der Waals surface area contributed by atoms with Gasteiger partial charge in [-0.1, -0.05) is 25.1 Å². The van der Waals surface area contributed by atoms with E-state index in [0.717, 1.165) is 19.4 Å². The Labute approximate surface area is 96.3 Å². The minimum absolute atomic E-state index is 0. The minimum Gasteiger partial charge on any atom is -0.358 e. The summed E-state index contributed by atoms with van der Waals surface area (Å²) in [5.41, 5.74) is 9.57. The van der Waals surface area contributed by atoms with Gasteiger partial charge >= 0.3 is 0 Å². The Hall–Kier alpha value is -0.990. The summed E-state index contributed by atoms with van der Waals surface area (Å²) in [6.07, 6.45) is 2.01. The molecule has 0 saturated carbocycles. The molecule has 2 rings (SSSR count). The van der Waals surface area contributed by atoms with Crippen LogP contribution in [0.4, 0.5) is 0 Å². The van der Waals surface area contributed by atoms with Crippen molar-refractivity contribution >= 4 is 23.3 Å². The lowest BCUT2D eigenvalue weighted by atomic mass is 10.1. The molecule has 0 fully saturated rings. The molecule has 3 heteroatoms. The van der Waals surface area contributed by atoms with Crippen molar-refractivity contribution in [2.75, 3.05) is 6.54 Å². The predicted octanol–water partition coefficient (Wildman–Crippen LogP) is 2.65. The van der Waals surface area contributed by atoms with Crippen LogP contribution in [0.15, 0.2) is 24.3 Å². The third-order valence-corrected chi connectivity index (χ3v) is 2.65. The lowest BCUT2D eigenvalue weighted by molar-refractivity contribution is 0.936. The van der Waals surface area contributed by atoms with Crippen molar-refractivity contribution < 1.29 is 0 Å². The molecule has 2 nitrogen and oxygen atoms in total. The maximum absolute atomic E-state index is 5.62. The van der Waals surface area contributed by atoms with Crippen LogP contribution in [0.3, 0.4) is 0 Å². The van der Waals surface area contributed by atoms with Crippen molar-refractivity contribution in [3.8, 4) is 0 Å². The van der Waals surface area contributed by atoms with Crippen LogP contribution < -0.4 is 5.73 Å². The predicted molar refractivity (Wildman–Crippen MR) is 67.7 cm³/mol. The van der Waals surface area contributed by atoms with Gasteiger partial charge in [-0.05, 0) is 31.0 Å². The van der Waals surface area contributed by atoms with Crippen molar-refractivity contribution in [2.24, 2.45) is 5.73 Å². The second-order valence-electron chi connectivity index (χ2n) is 3.52. The number of rotatable bonds is 3. The Bertz CT molecular complexity index is 434. The van der Waals surface area contributed by atoms with E-state index < -0.39 is 0 Å². The molecule has 3 N–H and O–H groups in total. The van der Waals surface area contributed by atoms with Gasteiger partial charge < -0.3 is 10.7 Å². The molecule has 0 aliphatic heterocycles. The van der Waals surface area contributed by atoms with E-state index in [2.05, 4.69) is 36.2 Å². The van der Waals surface area contributed by atoms with E-state index in [1.54, 1.807) is 0 Å². The molecule has 0 aliphatic rings. The third kappa shape index (κ3) is 2.16. The summed E-state index contributed by atoms with van der Waals surface area (Å²) in [5, 5.41) is 1.33. The molecule has 0 bridgehead atoms. The summed E-state index contributed by atoms with van der Waals surface area (Å²) in [7, 11) is 0. The van der Waals surface area contributed by atoms with Crippen LogP contribution in [0.1, 0.15) is 18.2 Å². The summed E-state index contributed by atoms with van der Waals surface area (Å²) in [6, 6.07) is 8.42. The highest BCUT2D eigenvalue weighted by Crippen LogP contribution is 2.22. The molecule has 82 valence electrons. The third-order valence-electron chi connectivity index (χ3n) is 2.65. The van der Waals surface area contributed by atoms with Gasteiger partial charge in [-0.3, -0.25) is 0 Å². The molecular weight excluding hydrogens is 208 g/mol. The molecule has 0 amide bonds. The fourth-order valence-corrected chi connectivity index (χ4v) is 1.99. The van der Waals surface area contributed by atoms with Crippen LogP contribution in [-0.4, -0.2) is 11.5 Å². The average molecular weight is 225 g/mol. The Morgan fingerprint density at radius 3 is 2.67 bits per heavy atom. The molecular formula is C12H17ClN2. The van der Waals surface area contributed by atoms with Gasteiger partial charge in [-0.2, -0.15) is 0 Å². The summed E-state index contributed by atoms with van der Waals surface area (Å²) in [4.78, 5) is 3.44. The summed E-state index contributed by atoms with van der Waals surface area (Å²) < 4.78 is 0. The first-order valence-corrected chi connectivity index (χ1v) is 5.15. The molecule has 15 heavy (non-hydrogen) atoms. The number of halogens is 1. The molecule has 0 aliphatic carbocycles. The largest absolute Gasteiger partial charge is 0.358 e. The van der Waals surface area contributed by atoms with Crippen LogP contribution in [-0.2, 0) is 12.8 Å². The topological polar surface area (TPSA) is 41.8 Å². The number of aryl methyl sites for hydroxylation is 1. The normalized spacial score (nSPS) is 10.3. The first-order chi connectivity index (χ1) is 6.86. The van der Waals surface area contributed by atoms with E-state index in [9.17, 15) is 0 Å². The number of aromatic amines is 1. The van der Waals surface area contributed by atoms with Crippen molar-refractivity contribution in [1.29, 1.82) is 0 Å². The fraction of sp³-hybridized carbons (Fsp3) is 0.333. The Morgan fingerprint density at radius 2 is 2.00 bits per heavy atom. The lowest BCUT2D eigenvalue weighted by Crippen LogP contribution is -2.04. The molecule has 0 unspecified atom stereocenters. The van der Waals surface area contributed by atoms with Crippen LogP contribution in [0.25, 0.3) is 10.9 Å². The monoisotopic (exact) mass is 224 g/mol. The van der Waals surface area contributed by atoms with Crippen LogP contribution in [0.5, 0.6) is 0 Å². The Morgan fingerprint density at radius 1 is 1.27 bits per heavy atom. The second kappa shape index (κ2) is 5.19. The number of benzene rings is 1. The van der Waals surface area contributed by atoms with Crippen LogP contribution in [0.2, 0.25) is 0 Å². The highest BCUT2D eigenvalue weighted by Gasteiger charge is 2.07. The number of H-pyrrole nitrogens is 1. The summed E-state index contributed by atoms with van der Waals surface area (Å²) >= 11 is 0. The van der Waals surface area contributed by atoms with Crippen molar-refractivity contribution in [2.45, 2.75) is 19.8 Å². The highest BCUT2D eigenvalue weighted by atomic mass is 35.5. The second-order valence-corrected chi connectivity index (χ2v) is 3.52. The first kappa shape index (κ1) is 12.1. The van der Waals surface area contributed by atoms with E-state index in [1.165, 1.54) is 22.2 Å². The summed E-state index contributed by atoms with van der Waals surface area (Å²) in [5.74, 6) is 0. The Kier molecular flexibility index (Phi) is 4.18. The lowest BCUT2D eigenvalue weighted by Gasteiger charge is -1.99. The SMILES string of the molecule is CCc1[nH]c2ccccc2c1CCN.Cl. The number of nitrogens with one attached hydrogen (secondary N) is 1. The molecule has 1 heterocycles. The summed E-state index contributed by atoms with van der Waals surface area (Å²) in [6.45, 7) is 2.89. The van der Waals surface area contributed by atoms with E-state index in [0.29, 0.717) is 0 Å². The number of nitrogens with two attached hydrogens (primary N) is 1. The maximum atomic E-state index is 5.62. The van der Waals surface area contributed by atoms with Gasteiger partial charge in [0.05, 0.1) is 0 Å². The minimum atomic E-state index is 0.